The molecule has 138 valence electrons. The third-order valence-electron chi connectivity index (χ3n) is 4.45. The lowest BCUT2D eigenvalue weighted by atomic mass is 10.1. The maximum atomic E-state index is 5.54. The Balaban J connectivity index is 1.70. The molecule has 0 aliphatic heterocycles. The molecule has 0 unspecified atom stereocenters. The fourth-order valence-corrected chi connectivity index (χ4v) is 4.53. The van der Waals surface area contributed by atoms with Crippen molar-refractivity contribution in [1.29, 1.82) is 0 Å². The minimum atomic E-state index is 0.706. The molecule has 7 heteroatoms. The summed E-state index contributed by atoms with van der Waals surface area (Å²) in [7, 11) is 4.96. The predicted octanol–water partition coefficient (Wildman–Crippen LogP) is 5.25. The maximum Gasteiger partial charge on any atom is 0.209 e. The zero-order valence-electron chi connectivity index (χ0n) is 15.1. The van der Waals surface area contributed by atoms with Gasteiger partial charge in [0.2, 0.25) is 5.13 Å². The molecule has 0 saturated carbocycles. The first kappa shape index (κ1) is 18.0. The lowest BCUT2D eigenvalue weighted by molar-refractivity contribution is 0.402. The Bertz CT molecular complexity index is 1050. The van der Waals surface area contributed by atoms with Gasteiger partial charge in [-0.2, -0.15) is 0 Å². The number of hydrogen-bond acceptors (Lipinski definition) is 6. The van der Waals surface area contributed by atoms with Crippen molar-refractivity contribution in [2.24, 2.45) is 4.99 Å². The van der Waals surface area contributed by atoms with Crippen molar-refractivity contribution >= 4 is 38.6 Å². The fourth-order valence-electron chi connectivity index (χ4n) is 3.14. The number of methoxy groups -OCH3 is 3. The Hall–Kier alpha value is -2.38. The second kappa shape index (κ2) is 7.32. The molecule has 1 aliphatic carbocycles. The van der Waals surface area contributed by atoms with E-state index in [0.29, 0.717) is 5.13 Å². The third kappa shape index (κ3) is 3.21. The summed E-state index contributed by atoms with van der Waals surface area (Å²) in [4.78, 5) is 10.5. The van der Waals surface area contributed by atoms with Gasteiger partial charge in [-0.15, -0.1) is 0 Å². The zero-order chi connectivity index (χ0) is 19.0. The molecule has 1 aliphatic rings. The van der Waals surface area contributed by atoms with Crippen molar-refractivity contribution in [3.05, 3.63) is 50.8 Å². The second-order valence-corrected chi connectivity index (χ2v) is 7.83. The van der Waals surface area contributed by atoms with Crippen LogP contribution in [0.1, 0.15) is 16.0 Å². The van der Waals surface area contributed by atoms with Crippen LogP contribution in [0.25, 0.3) is 11.3 Å². The molecule has 5 nitrogen and oxygen atoms in total. The minimum Gasteiger partial charge on any atom is -0.497 e. The zero-order valence-corrected chi connectivity index (χ0v) is 17.5. The van der Waals surface area contributed by atoms with Crippen LogP contribution in [0.2, 0.25) is 0 Å². The molecule has 2 aromatic carbocycles. The number of fused-ring (bicyclic) bond motifs is 3. The van der Waals surface area contributed by atoms with Gasteiger partial charge < -0.3 is 14.2 Å². The van der Waals surface area contributed by atoms with E-state index < -0.39 is 0 Å². The number of rotatable bonds is 5. The first-order valence-corrected chi connectivity index (χ1v) is 9.87. The molecule has 1 heterocycles. The van der Waals surface area contributed by atoms with Gasteiger partial charge in [-0.25, -0.2) is 9.98 Å². The van der Waals surface area contributed by atoms with Crippen LogP contribution in [0, 0.1) is 0 Å². The Labute approximate surface area is 169 Å². The van der Waals surface area contributed by atoms with Crippen LogP contribution in [-0.4, -0.2) is 32.5 Å². The lowest BCUT2D eigenvalue weighted by Gasteiger charge is -2.08. The van der Waals surface area contributed by atoms with Crippen molar-refractivity contribution in [1.82, 2.24) is 4.98 Å². The van der Waals surface area contributed by atoms with Crippen LogP contribution < -0.4 is 14.2 Å². The number of aromatic nitrogens is 1. The van der Waals surface area contributed by atoms with Crippen LogP contribution in [0.15, 0.2) is 39.8 Å². The molecule has 0 saturated heterocycles. The van der Waals surface area contributed by atoms with Crippen LogP contribution in [0.3, 0.4) is 0 Å². The highest BCUT2D eigenvalue weighted by molar-refractivity contribution is 9.10. The van der Waals surface area contributed by atoms with Crippen molar-refractivity contribution < 1.29 is 14.2 Å². The SMILES string of the molecule is COc1ccc(OC)c(C=Nc2nc3c(s2)Cc2c(Br)ccc(OC)c2-3)c1. The molecule has 0 bridgehead atoms. The van der Waals surface area contributed by atoms with Crippen LogP contribution in [-0.2, 0) is 6.42 Å². The molecule has 0 radical (unpaired) electrons. The smallest absolute Gasteiger partial charge is 0.209 e. The van der Waals surface area contributed by atoms with E-state index in [-0.39, 0.29) is 0 Å². The number of halogens is 1. The number of thiazole rings is 1. The molecule has 4 rings (SSSR count). The van der Waals surface area contributed by atoms with Gasteiger partial charge in [-0.05, 0) is 35.9 Å². The van der Waals surface area contributed by atoms with E-state index in [2.05, 4.69) is 20.9 Å². The second-order valence-electron chi connectivity index (χ2n) is 5.91. The summed E-state index contributed by atoms with van der Waals surface area (Å²) in [5, 5.41) is 0.706. The summed E-state index contributed by atoms with van der Waals surface area (Å²) < 4.78 is 17.3. The van der Waals surface area contributed by atoms with E-state index in [1.165, 1.54) is 10.4 Å². The Morgan fingerprint density at radius 1 is 1.07 bits per heavy atom. The summed E-state index contributed by atoms with van der Waals surface area (Å²) in [6, 6.07) is 9.58. The highest BCUT2D eigenvalue weighted by Crippen LogP contribution is 2.48. The van der Waals surface area contributed by atoms with Gasteiger partial charge in [0.1, 0.15) is 17.2 Å². The van der Waals surface area contributed by atoms with Crippen molar-refractivity contribution in [3.63, 3.8) is 0 Å². The fraction of sp³-hybridized carbons (Fsp3) is 0.200. The molecule has 0 atom stereocenters. The molecule has 0 N–H and O–H groups in total. The normalized spacial score (nSPS) is 12.1. The molecule has 0 fully saturated rings. The standard InChI is InChI=1S/C20H17BrN2O3S/c1-24-12-4-6-15(25-2)11(8-12)10-22-20-23-19-17(27-20)9-13-14(21)5-7-16(26-3)18(13)19/h4-8,10H,9H2,1-3H3. The van der Waals surface area contributed by atoms with Gasteiger partial charge in [-0.3, -0.25) is 0 Å². The molecular formula is C20H17BrN2O3S. The Morgan fingerprint density at radius 2 is 1.85 bits per heavy atom. The van der Waals surface area contributed by atoms with Gasteiger partial charge in [0.05, 0.1) is 27.0 Å². The Kier molecular flexibility index (Phi) is 4.88. The van der Waals surface area contributed by atoms with E-state index in [1.54, 1.807) is 38.9 Å². The summed E-state index contributed by atoms with van der Waals surface area (Å²) in [6.07, 6.45) is 2.59. The number of hydrogen-bond donors (Lipinski definition) is 0. The van der Waals surface area contributed by atoms with E-state index in [4.69, 9.17) is 19.2 Å². The van der Waals surface area contributed by atoms with Gasteiger partial charge in [-0.1, -0.05) is 27.3 Å². The number of ether oxygens (including phenoxy) is 3. The van der Waals surface area contributed by atoms with Crippen LogP contribution in [0.4, 0.5) is 5.13 Å². The number of benzene rings is 2. The average molecular weight is 445 g/mol. The first-order chi connectivity index (χ1) is 13.1. The summed E-state index contributed by atoms with van der Waals surface area (Å²) in [5.41, 5.74) is 4.07. The van der Waals surface area contributed by atoms with Crippen molar-refractivity contribution in [3.8, 4) is 28.5 Å². The topological polar surface area (TPSA) is 52.9 Å². The summed E-state index contributed by atoms with van der Waals surface area (Å²) in [6.45, 7) is 0. The van der Waals surface area contributed by atoms with E-state index in [0.717, 1.165) is 45.0 Å². The van der Waals surface area contributed by atoms with Gasteiger partial charge in [0, 0.05) is 33.1 Å². The van der Waals surface area contributed by atoms with Gasteiger partial charge in [0.25, 0.3) is 0 Å². The van der Waals surface area contributed by atoms with Gasteiger partial charge in [0.15, 0.2) is 0 Å². The van der Waals surface area contributed by atoms with Gasteiger partial charge >= 0.3 is 0 Å². The number of nitrogens with zero attached hydrogens (tertiary/aromatic N) is 2. The van der Waals surface area contributed by atoms with E-state index in [9.17, 15) is 0 Å². The first-order valence-electron chi connectivity index (χ1n) is 8.26. The van der Waals surface area contributed by atoms with Crippen molar-refractivity contribution in [2.75, 3.05) is 21.3 Å². The molecule has 1 aromatic heterocycles. The average Bonchev–Trinajstić information content (AvgIpc) is 3.25. The monoisotopic (exact) mass is 444 g/mol. The van der Waals surface area contributed by atoms with E-state index >= 15 is 0 Å². The Morgan fingerprint density at radius 3 is 2.59 bits per heavy atom. The van der Waals surface area contributed by atoms with Crippen LogP contribution >= 0.6 is 27.3 Å². The third-order valence-corrected chi connectivity index (χ3v) is 6.15. The summed E-state index contributed by atoms with van der Waals surface area (Å²) in [5.74, 6) is 2.32. The molecule has 27 heavy (non-hydrogen) atoms. The molecule has 0 amide bonds. The summed E-state index contributed by atoms with van der Waals surface area (Å²) >= 11 is 5.22. The molecule has 0 spiro atoms. The lowest BCUT2D eigenvalue weighted by Crippen LogP contribution is -1.92. The quantitative estimate of drug-likeness (QED) is 0.394. The maximum absolute atomic E-state index is 5.54. The van der Waals surface area contributed by atoms with E-state index in [1.807, 2.05) is 30.3 Å². The molecule has 3 aromatic rings. The highest BCUT2D eigenvalue weighted by Gasteiger charge is 2.28. The van der Waals surface area contributed by atoms with Crippen LogP contribution in [0.5, 0.6) is 17.2 Å². The largest absolute Gasteiger partial charge is 0.497 e. The predicted molar refractivity (Wildman–Crippen MR) is 111 cm³/mol. The van der Waals surface area contributed by atoms with Crippen molar-refractivity contribution in [2.45, 2.75) is 6.42 Å². The molecular weight excluding hydrogens is 428 g/mol. The number of aliphatic imine (C=N–C) groups is 1. The minimum absolute atomic E-state index is 0.706. The highest BCUT2D eigenvalue weighted by atomic mass is 79.9.